The van der Waals surface area contributed by atoms with Crippen molar-refractivity contribution in [3.8, 4) is 11.5 Å². The normalized spacial score (nSPS) is 18.9. The number of ether oxygens (including phenoxy) is 1. The highest BCUT2D eigenvalue weighted by Crippen LogP contribution is 2.28. The summed E-state index contributed by atoms with van der Waals surface area (Å²) in [6, 6.07) is 5.02. The highest BCUT2D eigenvalue weighted by atomic mass is 32.2. The first-order valence-electron chi connectivity index (χ1n) is 6.17. The van der Waals surface area contributed by atoms with Gasteiger partial charge in [0, 0.05) is 36.6 Å². The zero-order valence-electron chi connectivity index (χ0n) is 10.8. The van der Waals surface area contributed by atoms with E-state index in [0.717, 1.165) is 18.1 Å². The van der Waals surface area contributed by atoms with E-state index in [2.05, 4.69) is 10.6 Å². The molecular weight excluding hydrogens is 264 g/mol. The van der Waals surface area contributed by atoms with Gasteiger partial charge in [-0.2, -0.15) is 11.8 Å². The van der Waals surface area contributed by atoms with Gasteiger partial charge in [-0.25, -0.2) is 0 Å². The van der Waals surface area contributed by atoms with E-state index in [4.69, 9.17) is 4.74 Å². The third-order valence-corrected chi connectivity index (χ3v) is 4.04. The largest absolute Gasteiger partial charge is 0.506 e. The summed E-state index contributed by atoms with van der Waals surface area (Å²) in [6.07, 6.45) is 0.415. The van der Waals surface area contributed by atoms with Crippen LogP contribution in [-0.4, -0.2) is 42.2 Å². The summed E-state index contributed by atoms with van der Waals surface area (Å²) in [5.74, 6) is 2.51. The second-order valence-electron chi connectivity index (χ2n) is 4.36. The molecule has 0 aromatic heterocycles. The summed E-state index contributed by atoms with van der Waals surface area (Å²) < 4.78 is 4.99. The molecule has 1 fully saturated rings. The number of rotatable bonds is 4. The first-order chi connectivity index (χ1) is 9.19. The smallest absolute Gasteiger partial charge is 0.226 e. The molecule has 6 heteroatoms. The number of phenolic OH excluding ortho intramolecular Hbond substituents is 1. The molecule has 1 aliphatic heterocycles. The highest BCUT2D eigenvalue weighted by Gasteiger charge is 2.17. The molecule has 1 unspecified atom stereocenters. The first kappa shape index (κ1) is 14.0. The van der Waals surface area contributed by atoms with Gasteiger partial charge in [0.2, 0.25) is 5.91 Å². The van der Waals surface area contributed by atoms with Crippen molar-refractivity contribution in [3.63, 3.8) is 0 Å². The van der Waals surface area contributed by atoms with Crippen LogP contribution in [0.2, 0.25) is 0 Å². The fraction of sp³-hybridized carbons (Fsp3) is 0.462. The van der Waals surface area contributed by atoms with E-state index in [9.17, 15) is 9.90 Å². The summed E-state index contributed by atoms with van der Waals surface area (Å²) in [4.78, 5) is 11.9. The van der Waals surface area contributed by atoms with Crippen LogP contribution in [0.25, 0.3) is 0 Å². The molecule has 3 N–H and O–H groups in total. The van der Waals surface area contributed by atoms with Gasteiger partial charge in [-0.1, -0.05) is 0 Å². The number of carbonyl (C=O) groups excluding carboxylic acids is 1. The van der Waals surface area contributed by atoms with Crippen molar-refractivity contribution in [1.29, 1.82) is 0 Å². The third kappa shape index (κ3) is 4.04. The topological polar surface area (TPSA) is 70.6 Å². The molecule has 1 aromatic rings. The van der Waals surface area contributed by atoms with Crippen molar-refractivity contribution in [2.45, 2.75) is 12.5 Å². The Bertz CT molecular complexity index is 448. The molecule has 0 bridgehead atoms. The van der Waals surface area contributed by atoms with Crippen LogP contribution >= 0.6 is 11.8 Å². The average Bonchev–Trinajstić information content (AvgIpc) is 2.42. The molecule has 1 aliphatic rings. The fourth-order valence-electron chi connectivity index (χ4n) is 1.92. The van der Waals surface area contributed by atoms with Gasteiger partial charge in [0.05, 0.1) is 12.8 Å². The van der Waals surface area contributed by atoms with Gasteiger partial charge < -0.3 is 20.5 Å². The number of nitrogens with one attached hydrogen (secondary N) is 2. The van der Waals surface area contributed by atoms with E-state index < -0.39 is 0 Å². The van der Waals surface area contributed by atoms with Crippen LogP contribution in [0.4, 0.5) is 5.69 Å². The molecule has 1 saturated heterocycles. The average molecular weight is 282 g/mol. The molecule has 2 rings (SSSR count). The molecule has 0 saturated carbocycles. The number of hydrogen-bond acceptors (Lipinski definition) is 5. The van der Waals surface area contributed by atoms with Gasteiger partial charge in [0.15, 0.2) is 0 Å². The summed E-state index contributed by atoms with van der Waals surface area (Å²) in [5, 5.41) is 15.8. The minimum absolute atomic E-state index is 0.0127. The molecule has 1 atom stereocenters. The standard InChI is InChI=1S/C13H18N2O3S/c1-18-10-2-3-11(12(16)7-10)15-13(17)6-9-8-19-5-4-14-9/h2-3,7,9,14,16H,4-6,8H2,1H3,(H,15,17). The lowest BCUT2D eigenvalue weighted by molar-refractivity contribution is -0.116. The quantitative estimate of drug-likeness (QED) is 0.729. The molecule has 19 heavy (non-hydrogen) atoms. The summed E-state index contributed by atoms with van der Waals surface area (Å²) in [7, 11) is 1.53. The Morgan fingerprint density at radius 2 is 2.47 bits per heavy atom. The molecule has 104 valence electrons. The molecule has 1 amide bonds. The maximum atomic E-state index is 11.9. The first-order valence-corrected chi connectivity index (χ1v) is 7.32. The summed E-state index contributed by atoms with van der Waals surface area (Å²) in [5.41, 5.74) is 0.411. The van der Waals surface area contributed by atoms with Crippen LogP contribution in [0.3, 0.4) is 0 Å². The number of thioether (sulfide) groups is 1. The molecule has 0 spiro atoms. The van der Waals surface area contributed by atoms with Crippen molar-refractivity contribution in [3.05, 3.63) is 18.2 Å². The molecule has 1 heterocycles. The van der Waals surface area contributed by atoms with Crippen molar-refractivity contribution >= 4 is 23.4 Å². The van der Waals surface area contributed by atoms with Crippen molar-refractivity contribution < 1.29 is 14.6 Å². The molecule has 5 nitrogen and oxygen atoms in total. The number of anilines is 1. The van der Waals surface area contributed by atoms with Crippen molar-refractivity contribution in [2.24, 2.45) is 0 Å². The third-order valence-electron chi connectivity index (χ3n) is 2.91. The van der Waals surface area contributed by atoms with Crippen molar-refractivity contribution in [2.75, 3.05) is 30.5 Å². The Morgan fingerprint density at radius 3 is 3.11 bits per heavy atom. The Balaban J connectivity index is 1.91. The van der Waals surface area contributed by atoms with Gasteiger partial charge in [-0.05, 0) is 12.1 Å². The number of carbonyl (C=O) groups is 1. The van der Waals surface area contributed by atoms with Crippen LogP contribution < -0.4 is 15.4 Å². The molecular formula is C13H18N2O3S. The monoisotopic (exact) mass is 282 g/mol. The zero-order chi connectivity index (χ0) is 13.7. The lowest BCUT2D eigenvalue weighted by Crippen LogP contribution is -2.39. The maximum Gasteiger partial charge on any atom is 0.226 e. The van der Waals surface area contributed by atoms with Crippen LogP contribution in [0.1, 0.15) is 6.42 Å². The minimum Gasteiger partial charge on any atom is -0.506 e. The van der Waals surface area contributed by atoms with Crippen LogP contribution in [-0.2, 0) is 4.79 Å². The van der Waals surface area contributed by atoms with Crippen LogP contribution in [0, 0.1) is 0 Å². The fourth-order valence-corrected chi connectivity index (χ4v) is 2.87. The van der Waals surface area contributed by atoms with Gasteiger partial charge >= 0.3 is 0 Å². The predicted molar refractivity (Wildman–Crippen MR) is 77.0 cm³/mol. The molecule has 0 radical (unpaired) electrons. The number of methoxy groups -OCH3 is 1. The Kier molecular flexibility index (Phi) is 4.93. The van der Waals surface area contributed by atoms with Crippen LogP contribution in [0.5, 0.6) is 11.5 Å². The predicted octanol–water partition coefficient (Wildman–Crippen LogP) is 1.43. The Hall–Kier alpha value is -1.40. The second kappa shape index (κ2) is 6.68. The second-order valence-corrected chi connectivity index (χ2v) is 5.51. The van der Waals surface area contributed by atoms with Gasteiger partial charge in [0.1, 0.15) is 11.5 Å². The van der Waals surface area contributed by atoms with Crippen molar-refractivity contribution in [1.82, 2.24) is 5.32 Å². The molecule has 0 aliphatic carbocycles. The van der Waals surface area contributed by atoms with Gasteiger partial charge in [-0.15, -0.1) is 0 Å². The van der Waals surface area contributed by atoms with Gasteiger partial charge in [-0.3, -0.25) is 4.79 Å². The maximum absolute atomic E-state index is 11.9. The number of aromatic hydroxyl groups is 1. The van der Waals surface area contributed by atoms with Crippen LogP contribution in [0.15, 0.2) is 18.2 Å². The summed E-state index contributed by atoms with van der Waals surface area (Å²) in [6.45, 7) is 0.941. The number of benzene rings is 1. The van der Waals surface area contributed by atoms with E-state index in [1.165, 1.54) is 13.2 Å². The lowest BCUT2D eigenvalue weighted by Gasteiger charge is -2.22. The number of hydrogen-bond donors (Lipinski definition) is 3. The zero-order valence-corrected chi connectivity index (χ0v) is 11.6. The Labute approximate surface area is 116 Å². The van der Waals surface area contributed by atoms with E-state index in [1.54, 1.807) is 12.1 Å². The molecule has 1 aromatic carbocycles. The SMILES string of the molecule is COc1ccc(NC(=O)CC2CSCCN2)c(O)c1. The lowest BCUT2D eigenvalue weighted by atomic mass is 10.2. The minimum atomic E-state index is -0.0968. The Morgan fingerprint density at radius 1 is 1.63 bits per heavy atom. The number of amides is 1. The van der Waals surface area contributed by atoms with Gasteiger partial charge in [0.25, 0.3) is 0 Å². The van der Waals surface area contributed by atoms with E-state index in [0.29, 0.717) is 17.9 Å². The van der Waals surface area contributed by atoms with E-state index in [-0.39, 0.29) is 17.7 Å². The van der Waals surface area contributed by atoms with E-state index >= 15 is 0 Å². The highest BCUT2D eigenvalue weighted by molar-refractivity contribution is 7.99. The summed E-state index contributed by atoms with van der Waals surface area (Å²) >= 11 is 1.85. The van der Waals surface area contributed by atoms with E-state index in [1.807, 2.05) is 11.8 Å². The number of phenols is 1.